The van der Waals surface area contributed by atoms with Crippen molar-refractivity contribution in [2.24, 2.45) is 0 Å². The Bertz CT molecular complexity index is 766. The lowest BCUT2D eigenvalue weighted by molar-refractivity contribution is 0.0937. The van der Waals surface area contributed by atoms with Crippen LogP contribution >= 0.6 is 0 Å². The highest BCUT2D eigenvalue weighted by Gasteiger charge is 2.14. The monoisotopic (exact) mass is 305 g/mol. The maximum absolute atomic E-state index is 12.6. The van der Waals surface area contributed by atoms with E-state index in [2.05, 4.69) is 10.3 Å². The van der Waals surface area contributed by atoms with Gasteiger partial charge in [-0.1, -0.05) is 48.5 Å². The zero-order chi connectivity index (χ0) is 16.1. The summed E-state index contributed by atoms with van der Waals surface area (Å²) in [5, 5.41) is 3.06. The molecule has 4 nitrogen and oxygen atoms in total. The lowest BCUT2D eigenvalue weighted by Crippen LogP contribution is -2.35. The average molecular weight is 305 g/mol. The molecule has 1 N–H and O–H groups in total. The highest BCUT2D eigenvalue weighted by Crippen LogP contribution is 2.23. The first kappa shape index (κ1) is 15.0. The molecule has 1 heterocycles. The van der Waals surface area contributed by atoms with E-state index in [9.17, 15) is 4.79 Å². The molecule has 116 valence electrons. The van der Waals surface area contributed by atoms with Crippen molar-refractivity contribution in [1.29, 1.82) is 0 Å². The van der Waals surface area contributed by atoms with Crippen molar-refractivity contribution >= 4 is 5.91 Å². The van der Waals surface area contributed by atoms with Crippen molar-refractivity contribution in [3.8, 4) is 11.1 Å². The summed E-state index contributed by atoms with van der Waals surface area (Å²) < 4.78 is 1.95. The van der Waals surface area contributed by atoms with E-state index in [1.807, 2.05) is 72.3 Å². The number of imidazole rings is 1. The molecule has 0 saturated heterocycles. The van der Waals surface area contributed by atoms with Gasteiger partial charge in [-0.25, -0.2) is 4.98 Å². The van der Waals surface area contributed by atoms with Gasteiger partial charge in [-0.2, -0.15) is 0 Å². The van der Waals surface area contributed by atoms with Crippen LogP contribution in [0.3, 0.4) is 0 Å². The van der Waals surface area contributed by atoms with Crippen LogP contribution < -0.4 is 5.32 Å². The van der Waals surface area contributed by atoms with Gasteiger partial charge in [0.25, 0.3) is 5.91 Å². The Morgan fingerprint density at radius 2 is 1.87 bits per heavy atom. The number of amides is 1. The standard InChI is InChI=1S/C19H19N3O/c1-15(13-22-12-11-20-14-22)21-19(23)18-10-6-5-9-17(18)16-7-3-2-4-8-16/h2-12,14-15H,13H2,1H3,(H,21,23). The number of carbonyl (C=O) groups excluding carboxylic acids is 1. The van der Waals surface area contributed by atoms with Crippen molar-refractivity contribution in [3.05, 3.63) is 78.9 Å². The third-order valence-corrected chi connectivity index (χ3v) is 3.68. The van der Waals surface area contributed by atoms with E-state index >= 15 is 0 Å². The Hall–Kier alpha value is -2.88. The van der Waals surface area contributed by atoms with E-state index in [1.165, 1.54) is 0 Å². The van der Waals surface area contributed by atoms with Crippen LogP contribution in [0.2, 0.25) is 0 Å². The molecule has 0 bridgehead atoms. The van der Waals surface area contributed by atoms with E-state index in [-0.39, 0.29) is 11.9 Å². The van der Waals surface area contributed by atoms with Crippen LogP contribution in [0.25, 0.3) is 11.1 Å². The fourth-order valence-electron chi connectivity index (χ4n) is 2.61. The first-order valence-corrected chi connectivity index (χ1v) is 7.65. The SMILES string of the molecule is CC(Cn1ccnc1)NC(=O)c1ccccc1-c1ccccc1. The molecule has 1 unspecified atom stereocenters. The number of nitrogens with zero attached hydrogens (tertiary/aromatic N) is 2. The van der Waals surface area contributed by atoms with E-state index in [4.69, 9.17) is 0 Å². The normalized spacial score (nSPS) is 11.9. The van der Waals surface area contributed by atoms with Gasteiger partial charge in [0.15, 0.2) is 0 Å². The molecule has 1 amide bonds. The smallest absolute Gasteiger partial charge is 0.252 e. The predicted molar refractivity (Wildman–Crippen MR) is 91.0 cm³/mol. The highest BCUT2D eigenvalue weighted by molar-refractivity contribution is 6.01. The zero-order valence-corrected chi connectivity index (χ0v) is 13.0. The quantitative estimate of drug-likeness (QED) is 0.785. The molecule has 3 rings (SSSR count). The molecule has 2 aromatic carbocycles. The molecule has 23 heavy (non-hydrogen) atoms. The Labute approximate surface area is 135 Å². The van der Waals surface area contributed by atoms with Crippen molar-refractivity contribution in [1.82, 2.24) is 14.9 Å². The Morgan fingerprint density at radius 3 is 2.61 bits per heavy atom. The number of benzene rings is 2. The lowest BCUT2D eigenvalue weighted by atomic mass is 9.99. The molecule has 1 atom stereocenters. The minimum absolute atomic E-state index is 0.0144. The number of carbonyl (C=O) groups is 1. The molecule has 0 aliphatic carbocycles. The Kier molecular flexibility index (Phi) is 4.52. The van der Waals surface area contributed by atoms with Gasteiger partial charge < -0.3 is 9.88 Å². The van der Waals surface area contributed by atoms with Crippen LogP contribution in [0.5, 0.6) is 0 Å². The summed E-state index contributed by atoms with van der Waals surface area (Å²) >= 11 is 0. The molecule has 0 radical (unpaired) electrons. The minimum atomic E-state index is -0.0583. The van der Waals surface area contributed by atoms with Gasteiger partial charge in [0.2, 0.25) is 0 Å². The van der Waals surface area contributed by atoms with Crippen LogP contribution in [-0.2, 0) is 6.54 Å². The van der Waals surface area contributed by atoms with Crippen molar-refractivity contribution in [2.75, 3.05) is 0 Å². The molecule has 3 aromatic rings. The largest absolute Gasteiger partial charge is 0.348 e. The fourth-order valence-corrected chi connectivity index (χ4v) is 2.61. The maximum atomic E-state index is 12.6. The van der Waals surface area contributed by atoms with Crippen LogP contribution in [-0.4, -0.2) is 21.5 Å². The molecular formula is C19H19N3O. The van der Waals surface area contributed by atoms with Crippen LogP contribution in [0, 0.1) is 0 Å². The predicted octanol–water partition coefficient (Wildman–Crippen LogP) is 3.37. The summed E-state index contributed by atoms with van der Waals surface area (Å²) in [5.41, 5.74) is 2.68. The van der Waals surface area contributed by atoms with E-state index in [0.29, 0.717) is 12.1 Å². The van der Waals surface area contributed by atoms with Crippen LogP contribution in [0.1, 0.15) is 17.3 Å². The summed E-state index contributed by atoms with van der Waals surface area (Å²) in [6.07, 6.45) is 5.38. The fraction of sp³-hybridized carbons (Fsp3) is 0.158. The summed E-state index contributed by atoms with van der Waals surface area (Å²) in [6, 6.07) is 17.7. The second kappa shape index (κ2) is 6.92. The summed E-state index contributed by atoms with van der Waals surface area (Å²) in [4.78, 5) is 16.7. The number of aromatic nitrogens is 2. The van der Waals surface area contributed by atoms with Crippen LogP contribution in [0.4, 0.5) is 0 Å². The Balaban J connectivity index is 1.77. The maximum Gasteiger partial charge on any atom is 0.252 e. The molecule has 4 heteroatoms. The first-order chi connectivity index (χ1) is 11.2. The van der Waals surface area contributed by atoms with Gasteiger partial charge in [0.1, 0.15) is 0 Å². The summed E-state index contributed by atoms with van der Waals surface area (Å²) in [7, 11) is 0. The van der Waals surface area contributed by atoms with E-state index in [0.717, 1.165) is 11.1 Å². The van der Waals surface area contributed by atoms with E-state index in [1.54, 1.807) is 12.5 Å². The summed E-state index contributed by atoms with van der Waals surface area (Å²) in [6.45, 7) is 2.68. The molecule has 0 aliphatic rings. The van der Waals surface area contributed by atoms with Crippen molar-refractivity contribution < 1.29 is 4.79 Å². The second-order valence-electron chi connectivity index (χ2n) is 5.55. The van der Waals surface area contributed by atoms with Crippen molar-refractivity contribution in [3.63, 3.8) is 0 Å². The molecule has 0 aliphatic heterocycles. The van der Waals surface area contributed by atoms with Gasteiger partial charge in [-0.3, -0.25) is 4.79 Å². The molecule has 0 saturated carbocycles. The van der Waals surface area contributed by atoms with Gasteiger partial charge in [0.05, 0.1) is 6.33 Å². The van der Waals surface area contributed by atoms with Gasteiger partial charge in [-0.05, 0) is 24.1 Å². The number of hydrogen-bond acceptors (Lipinski definition) is 2. The number of rotatable bonds is 5. The van der Waals surface area contributed by atoms with Gasteiger partial charge in [-0.15, -0.1) is 0 Å². The lowest BCUT2D eigenvalue weighted by Gasteiger charge is -2.16. The minimum Gasteiger partial charge on any atom is -0.348 e. The van der Waals surface area contributed by atoms with Gasteiger partial charge >= 0.3 is 0 Å². The van der Waals surface area contributed by atoms with E-state index < -0.39 is 0 Å². The molecule has 1 aromatic heterocycles. The average Bonchev–Trinajstić information content (AvgIpc) is 3.08. The first-order valence-electron chi connectivity index (χ1n) is 7.65. The zero-order valence-electron chi connectivity index (χ0n) is 13.0. The topological polar surface area (TPSA) is 46.9 Å². The highest BCUT2D eigenvalue weighted by atomic mass is 16.1. The number of hydrogen-bond donors (Lipinski definition) is 1. The van der Waals surface area contributed by atoms with Crippen LogP contribution in [0.15, 0.2) is 73.3 Å². The molecular weight excluding hydrogens is 286 g/mol. The summed E-state index contributed by atoms with van der Waals surface area (Å²) in [5.74, 6) is -0.0583. The molecule has 0 fully saturated rings. The van der Waals surface area contributed by atoms with Gasteiger partial charge in [0, 0.05) is 30.5 Å². The van der Waals surface area contributed by atoms with Crippen molar-refractivity contribution in [2.45, 2.75) is 19.5 Å². The molecule has 0 spiro atoms. The Morgan fingerprint density at radius 1 is 1.13 bits per heavy atom. The third kappa shape index (κ3) is 3.66. The second-order valence-corrected chi connectivity index (χ2v) is 5.55. The third-order valence-electron chi connectivity index (χ3n) is 3.68. The number of nitrogens with one attached hydrogen (secondary N) is 1.